The zero-order valence-electron chi connectivity index (χ0n) is 15.4. The zero-order valence-corrected chi connectivity index (χ0v) is 16.2. The summed E-state index contributed by atoms with van der Waals surface area (Å²) >= 11 is 1.67. The summed E-state index contributed by atoms with van der Waals surface area (Å²) in [6, 6.07) is 12.1. The number of H-pyrrole nitrogens is 1. The first-order valence-electron chi connectivity index (χ1n) is 8.58. The molecule has 1 unspecified atom stereocenters. The average molecular weight is 380 g/mol. The highest BCUT2D eigenvalue weighted by atomic mass is 32.2. The molecule has 1 aliphatic rings. The van der Waals surface area contributed by atoms with Gasteiger partial charge in [-0.3, -0.25) is 4.79 Å². The number of thioether (sulfide) groups is 1. The van der Waals surface area contributed by atoms with Crippen LogP contribution in [-0.4, -0.2) is 35.5 Å². The maximum absolute atomic E-state index is 11.8. The summed E-state index contributed by atoms with van der Waals surface area (Å²) in [4.78, 5) is 21.0. The number of amides is 1. The number of aromatic nitrogens is 2. The lowest BCUT2D eigenvalue weighted by Gasteiger charge is -2.27. The first kappa shape index (κ1) is 17.6. The lowest BCUT2D eigenvalue weighted by atomic mass is 9.79. The van der Waals surface area contributed by atoms with Gasteiger partial charge in [-0.15, -0.1) is 11.8 Å². The molecule has 2 N–H and O–H groups in total. The molecule has 1 aromatic heterocycles. The fraction of sp³-hybridized carbons (Fsp3) is 0.250. The number of carbonyl (C=O) groups excluding carboxylic acids is 1. The van der Waals surface area contributed by atoms with E-state index in [-0.39, 0.29) is 5.91 Å². The van der Waals surface area contributed by atoms with Crippen molar-refractivity contribution in [2.24, 2.45) is 5.10 Å². The highest BCUT2D eigenvalue weighted by molar-refractivity contribution is 7.98. The zero-order chi connectivity index (χ0) is 19.0. The van der Waals surface area contributed by atoms with Crippen LogP contribution >= 0.6 is 11.8 Å². The summed E-state index contributed by atoms with van der Waals surface area (Å²) in [7, 11) is 1.66. The number of benzene rings is 2. The predicted molar refractivity (Wildman–Crippen MR) is 108 cm³/mol. The average Bonchev–Trinajstić information content (AvgIpc) is 3.10. The standard InChI is InChI=1S/C20H20N4O2S/c1-20(10-18(25)24-21-11-20)12-4-7-15-16(8-12)23-19(22-15)14-6-5-13(27-3)9-17(14)26-2/h4-9,11H,10H2,1-3H3,(H,22,23)(H,24,25). The number of aromatic amines is 1. The molecule has 0 fully saturated rings. The van der Waals surface area contributed by atoms with Crippen molar-refractivity contribution in [3.8, 4) is 17.1 Å². The Kier molecular flexibility index (Phi) is 4.39. The molecule has 3 aromatic rings. The number of ether oxygens (including phenoxy) is 1. The molecule has 0 saturated heterocycles. The number of nitrogens with one attached hydrogen (secondary N) is 2. The van der Waals surface area contributed by atoms with Gasteiger partial charge in [0.05, 0.1) is 23.7 Å². The summed E-state index contributed by atoms with van der Waals surface area (Å²) in [6.45, 7) is 2.01. The van der Waals surface area contributed by atoms with Crippen molar-refractivity contribution in [2.75, 3.05) is 13.4 Å². The molecule has 27 heavy (non-hydrogen) atoms. The van der Waals surface area contributed by atoms with Gasteiger partial charge in [-0.05, 0) is 49.1 Å². The van der Waals surface area contributed by atoms with E-state index >= 15 is 0 Å². The van der Waals surface area contributed by atoms with E-state index in [1.165, 1.54) is 0 Å². The third-order valence-electron chi connectivity index (χ3n) is 4.87. The van der Waals surface area contributed by atoms with E-state index in [9.17, 15) is 4.79 Å². The Morgan fingerprint density at radius 2 is 2.07 bits per heavy atom. The van der Waals surface area contributed by atoms with Gasteiger partial charge in [0.1, 0.15) is 11.6 Å². The van der Waals surface area contributed by atoms with Crippen LogP contribution in [0.25, 0.3) is 22.4 Å². The van der Waals surface area contributed by atoms with Crippen LogP contribution in [0.1, 0.15) is 18.9 Å². The molecule has 1 aliphatic heterocycles. The maximum atomic E-state index is 11.8. The number of carbonyl (C=O) groups is 1. The van der Waals surface area contributed by atoms with E-state index in [2.05, 4.69) is 21.6 Å². The summed E-state index contributed by atoms with van der Waals surface area (Å²) in [5.74, 6) is 1.46. The van der Waals surface area contributed by atoms with Gasteiger partial charge < -0.3 is 9.72 Å². The minimum atomic E-state index is -0.431. The van der Waals surface area contributed by atoms with Crippen LogP contribution in [-0.2, 0) is 10.2 Å². The monoisotopic (exact) mass is 380 g/mol. The Labute approximate surface area is 161 Å². The number of imidazole rings is 1. The Morgan fingerprint density at radius 1 is 1.22 bits per heavy atom. The second-order valence-electron chi connectivity index (χ2n) is 6.77. The fourth-order valence-corrected chi connectivity index (χ4v) is 3.76. The molecule has 1 atom stereocenters. The van der Waals surface area contributed by atoms with Gasteiger partial charge >= 0.3 is 0 Å². The Hall–Kier alpha value is -2.80. The van der Waals surface area contributed by atoms with Gasteiger partial charge in [-0.2, -0.15) is 5.10 Å². The maximum Gasteiger partial charge on any atom is 0.241 e. The minimum absolute atomic E-state index is 0.0796. The van der Waals surface area contributed by atoms with Gasteiger partial charge in [0.2, 0.25) is 5.91 Å². The van der Waals surface area contributed by atoms with E-state index in [0.29, 0.717) is 6.42 Å². The van der Waals surface area contributed by atoms with Gasteiger partial charge in [-0.25, -0.2) is 10.4 Å². The highest BCUT2D eigenvalue weighted by Crippen LogP contribution is 2.34. The van der Waals surface area contributed by atoms with Crippen LogP contribution in [0.3, 0.4) is 0 Å². The largest absolute Gasteiger partial charge is 0.496 e. The van der Waals surface area contributed by atoms with Crippen molar-refractivity contribution < 1.29 is 9.53 Å². The number of hydrogen-bond donors (Lipinski definition) is 2. The van der Waals surface area contributed by atoms with Crippen LogP contribution < -0.4 is 10.2 Å². The molecule has 0 bridgehead atoms. The second-order valence-corrected chi connectivity index (χ2v) is 7.65. The first-order valence-corrected chi connectivity index (χ1v) is 9.80. The van der Waals surface area contributed by atoms with Crippen molar-refractivity contribution in [3.05, 3.63) is 42.0 Å². The normalized spacial score (nSPS) is 19.3. The molecule has 2 aromatic carbocycles. The molecule has 0 aliphatic carbocycles. The van der Waals surface area contributed by atoms with Crippen molar-refractivity contribution in [1.82, 2.24) is 15.4 Å². The fourth-order valence-electron chi connectivity index (χ4n) is 3.33. The van der Waals surface area contributed by atoms with Crippen LogP contribution in [0.2, 0.25) is 0 Å². The molecule has 1 amide bonds. The van der Waals surface area contributed by atoms with Gasteiger partial charge in [0.15, 0.2) is 0 Å². The summed E-state index contributed by atoms with van der Waals surface area (Å²) in [6.07, 6.45) is 4.19. The third-order valence-corrected chi connectivity index (χ3v) is 5.60. The topological polar surface area (TPSA) is 79.4 Å². The second kappa shape index (κ2) is 6.74. The smallest absolute Gasteiger partial charge is 0.241 e. The summed E-state index contributed by atoms with van der Waals surface area (Å²) in [5, 5.41) is 3.99. The molecule has 0 radical (unpaired) electrons. The van der Waals surface area contributed by atoms with Crippen LogP contribution in [0, 0.1) is 0 Å². The lowest BCUT2D eigenvalue weighted by Crippen LogP contribution is -2.37. The van der Waals surface area contributed by atoms with Crippen LogP contribution in [0.5, 0.6) is 5.75 Å². The highest BCUT2D eigenvalue weighted by Gasteiger charge is 2.31. The van der Waals surface area contributed by atoms with Gasteiger partial charge in [-0.1, -0.05) is 6.07 Å². The number of hydrazone groups is 1. The third kappa shape index (κ3) is 3.19. The number of hydrogen-bond acceptors (Lipinski definition) is 5. The van der Waals surface area contributed by atoms with Crippen molar-refractivity contribution in [3.63, 3.8) is 0 Å². The summed E-state index contributed by atoms with van der Waals surface area (Å²) < 4.78 is 5.55. The van der Waals surface area contributed by atoms with Gasteiger partial charge in [0.25, 0.3) is 0 Å². The Bertz CT molecular complexity index is 1060. The SMILES string of the molecule is COc1cc(SC)ccc1-c1nc2ccc(C3(C)C=NNC(=O)C3)cc2[nH]1. The van der Waals surface area contributed by atoms with E-state index in [4.69, 9.17) is 9.72 Å². The Balaban J connectivity index is 1.77. The Morgan fingerprint density at radius 3 is 2.81 bits per heavy atom. The van der Waals surface area contributed by atoms with Crippen molar-refractivity contribution >= 4 is 34.9 Å². The van der Waals surface area contributed by atoms with Gasteiger partial charge in [0, 0.05) is 22.9 Å². The van der Waals surface area contributed by atoms with Crippen molar-refractivity contribution in [1.29, 1.82) is 0 Å². The minimum Gasteiger partial charge on any atom is -0.496 e. The molecule has 2 heterocycles. The van der Waals surface area contributed by atoms with E-state index in [1.54, 1.807) is 25.1 Å². The van der Waals surface area contributed by atoms with Crippen LogP contribution in [0.15, 0.2) is 46.4 Å². The molecule has 0 spiro atoms. The predicted octanol–water partition coefficient (Wildman–Crippen LogP) is 3.72. The van der Waals surface area contributed by atoms with Crippen LogP contribution in [0.4, 0.5) is 0 Å². The number of fused-ring (bicyclic) bond motifs is 1. The van der Waals surface area contributed by atoms with Crippen molar-refractivity contribution in [2.45, 2.75) is 23.7 Å². The van der Waals surface area contributed by atoms with E-state index in [1.807, 2.05) is 43.5 Å². The number of rotatable bonds is 4. The molecule has 138 valence electrons. The molecular weight excluding hydrogens is 360 g/mol. The van der Waals surface area contributed by atoms with E-state index in [0.717, 1.165) is 38.6 Å². The van der Waals surface area contributed by atoms with E-state index < -0.39 is 5.41 Å². The number of methoxy groups -OCH3 is 1. The molecule has 4 rings (SSSR count). The molecular formula is C20H20N4O2S. The lowest BCUT2D eigenvalue weighted by molar-refractivity contribution is -0.122. The first-order chi connectivity index (χ1) is 13.0. The molecule has 6 nitrogen and oxygen atoms in total. The summed E-state index contributed by atoms with van der Waals surface area (Å²) in [5.41, 5.74) is 5.77. The molecule has 7 heteroatoms. The number of nitrogens with zero attached hydrogens (tertiary/aromatic N) is 2. The molecule has 0 saturated carbocycles. The quantitative estimate of drug-likeness (QED) is 0.676.